The number of hydrogen-bond donors (Lipinski definition) is 2. The Labute approximate surface area is 224 Å². The summed E-state index contributed by atoms with van der Waals surface area (Å²) in [5.74, 6) is 0. The minimum absolute atomic E-state index is 0. The summed E-state index contributed by atoms with van der Waals surface area (Å²) in [6.07, 6.45) is 8.81. The van der Waals surface area contributed by atoms with Gasteiger partial charge in [-0.3, -0.25) is 0 Å². The topological polar surface area (TPSA) is 58.2 Å². The van der Waals surface area contributed by atoms with Crippen LogP contribution >= 0.6 is 0 Å². The SMILES string of the molecule is C[Si](C)(C)C(=O)[NH][Zr]([NH]C(=O)[Si](C)(C)C)([CH]1C=Cc2ccccc21)[CH]1C=Cc2ccccc21.[GaH3]. The zero-order valence-electron chi connectivity index (χ0n) is 20.4. The van der Waals surface area contributed by atoms with E-state index >= 15 is 0 Å². The van der Waals surface area contributed by atoms with Gasteiger partial charge in [0.25, 0.3) is 0 Å². The molecule has 2 unspecified atom stereocenters. The van der Waals surface area contributed by atoms with Gasteiger partial charge in [0.15, 0.2) is 0 Å². The first kappa shape index (κ1) is 27.4. The first-order valence-electron chi connectivity index (χ1n) is 11.6. The van der Waals surface area contributed by atoms with Crippen LogP contribution in [0.3, 0.4) is 0 Å². The number of amides is 2. The molecule has 2 aliphatic carbocycles. The van der Waals surface area contributed by atoms with E-state index in [4.69, 9.17) is 0 Å². The summed E-state index contributed by atoms with van der Waals surface area (Å²) in [4.78, 5) is 27.3. The van der Waals surface area contributed by atoms with Crippen molar-refractivity contribution in [3.05, 3.63) is 82.9 Å². The van der Waals surface area contributed by atoms with Crippen molar-refractivity contribution in [1.82, 2.24) is 6.52 Å². The molecule has 4 nitrogen and oxygen atoms in total. The van der Waals surface area contributed by atoms with Gasteiger partial charge in [0.2, 0.25) is 0 Å². The Kier molecular flexibility index (Phi) is 8.10. The van der Waals surface area contributed by atoms with E-state index < -0.39 is 37.0 Å². The van der Waals surface area contributed by atoms with Crippen LogP contribution in [-0.4, -0.2) is 47.0 Å². The van der Waals surface area contributed by atoms with Crippen LogP contribution in [0.5, 0.6) is 0 Å². The fourth-order valence-electron chi connectivity index (χ4n) is 4.58. The molecule has 0 saturated heterocycles. The standard InChI is InChI=1S/2C9H7.2C4H11NOSi.Ga.Zr.3H/c2*1-2-5-9-7-3-6-8(9)4-1;2*1-7(2,3)4(5)6;;;;;/h2*1-7H;2*1-3H3,(H2,5,6);;;;;/q;;;;;+2;;;/p-2. The van der Waals surface area contributed by atoms with Gasteiger partial charge in [-0.25, -0.2) is 0 Å². The van der Waals surface area contributed by atoms with Crippen LogP contribution in [0.4, 0.5) is 9.59 Å². The zero-order chi connectivity index (χ0) is 24.0. The molecular weight excluding hydrogens is 589 g/mol. The Hall–Kier alpha value is -1.19. The average molecular weight is 627 g/mol. The number of rotatable bonds is 6. The van der Waals surface area contributed by atoms with Crippen LogP contribution < -0.4 is 6.52 Å². The van der Waals surface area contributed by atoms with Crippen molar-refractivity contribution in [2.75, 3.05) is 0 Å². The molecule has 0 aliphatic heterocycles. The molecule has 0 aromatic heterocycles. The van der Waals surface area contributed by atoms with Gasteiger partial charge in [0, 0.05) is 0 Å². The predicted molar refractivity (Wildman–Crippen MR) is 150 cm³/mol. The van der Waals surface area contributed by atoms with Crippen molar-refractivity contribution < 1.29 is 30.4 Å². The Bertz CT molecular complexity index is 1080. The molecule has 34 heavy (non-hydrogen) atoms. The number of nitrogens with one attached hydrogen (secondary N) is 2. The second kappa shape index (κ2) is 10.1. The van der Waals surface area contributed by atoms with Crippen molar-refractivity contribution in [2.45, 2.75) is 46.5 Å². The second-order valence-electron chi connectivity index (χ2n) is 11.2. The molecular formula is C26H37GaN2O2Si2Zr. The third-order valence-electron chi connectivity index (χ3n) is 6.58. The molecule has 0 saturated carbocycles. The van der Waals surface area contributed by atoms with E-state index in [1.807, 2.05) is 0 Å². The van der Waals surface area contributed by atoms with Gasteiger partial charge in [-0.05, 0) is 0 Å². The number of fused-ring (bicyclic) bond motifs is 2. The molecule has 4 rings (SSSR count). The Morgan fingerprint density at radius 2 is 1.03 bits per heavy atom. The molecule has 2 atom stereocenters. The number of allylic oxidation sites excluding steroid dienone is 2. The van der Waals surface area contributed by atoms with E-state index in [0.29, 0.717) is 0 Å². The molecule has 0 fully saturated rings. The fourth-order valence-corrected chi connectivity index (χ4v) is 23.5. The maximum absolute atomic E-state index is 13.7. The quantitative estimate of drug-likeness (QED) is 0.412. The maximum atomic E-state index is 13.7. The third-order valence-corrected chi connectivity index (χ3v) is 21.2. The summed E-state index contributed by atoms with van der Waals surface area (Å²) >= 11 is -4.15. The molecule has 2 aromatic rings. The van der Waals surface area contributed by atoms with E-state index in [0.717, 1.165) is 0 Å². The van der Waals surface area contributed by atoms with Crippen molar-refractivity contribution in [3.63, 3.8) is 0 Å². The molecule has 2 aromatic carbocycles. The second-order valence-corrected chi connectivity index (χ2v) is 29.7. The predicted octanol–water partition coefficient (Wildman–Crippen LogP) is 5.58. The van der Waals surface area contributed by atoms with Gasteiger partial charge in [-0.2, -0.15) is 0 Å². The summed E-state index contributed by atoms with van der Waals surface area (Å²) in [6.45, 7) is 12.5. The molecule has 178 valence electrons. The van der Waals surface area contributed by atoms with E-state index in [1.165, 1.54) is 22.3 Å². The van der Waals surface area contributed by atoms with Crippen LogP contribution in [0.1, 0.15) is 29.5 Å². The van der Waals surface area contributed by atoms with Crippen LogP contribution in [0.2, 0.25) is 39.3 Å². The molecule has 2 amide bonds. The van der Waals surface area contributed by atoms with Gasteiger partial charge in [-0.1, -0.05) is 0 Å². The van der Waals surface area contributed by atoms with Crippen molar-refractivity contribution >= 4 is 59.2 Å². The van der Waals surface area contributed by atoms with Crippen molar-refractivity contribution in [3.8, 4) is 0 Å². The number of carbonyl (C=O) groups excluding carboxylic acids is 2. The average Bonchev–Trinajstić information content (AvgIpc) is 3.37. The van der Waals surface area contributed by atoms with Crippen LogP contribution in [0.25, 0.3) is 12.2 Å². The van der Waals surface area contributed by atoms with Crippen molar-refractivity contribution in [2.24, 2.45) is 0 Å². The Morgan fingerprint density at radius 3 is 1.38 bits per heavy atom. The van der Waals surface area contributed by atoms with Gasteiger partial charge < -0.3 is 0 Å². The third kappa shape index (κ3) is 5.17. The normalized spacial score (nSPS) is 18.6. The molecule has 0 spiro atoms. The fraction of sp³-hybridized carbons (Fsp3) is 0.308. The summed E-state index contributed by atoms with van der Waals surface area (Å²) in [5.41, 5.74) is 5.09. The minimum atomic E-state index is -4.15. The molecule has 0 bridgehead atoms. The van der Waals surface area contributed by atoms with E-state index in [9.17, 15) is 9.59 Å². The van der Waals surface area contributed by atoms with Crippen LogP contribution in [-0.2, 0) is 20.8 Å². The van der Waals surface area contributed by atoms with Gasteiger partial charge in [0.05, 0.1) is 0 Å². The van der Waals surface area contributed by atoms with Gasteiger partial charge in [-0.15, -0.1) is 0 Å². The summed E-state index contributed by atoms with van der Waals surface area (Å²) in [7, 11) is -4.28. The first-order chi connectivity index (χ1) is 15.4. The Morgan fingerprint density at radius 1 is 0.676 bits per heavy atom. The van der Waals surface area contributed by atoms with E-state index in [1.54, 1.807) is 0 Å². The Balaban J connectivity index is 0.00000324. The summed E-state index contributed by atoms with van der Waals surface area (Å²) in [5, 5.41) is 0. The number of benzene rings is 2. The molecule has 0 radical (unpaired) electrons. The molecule has 8 heteroatoms. The van der Waals surface area contributed by atoms with E-state index in [-0.39, 0.29) is 38.1 Å². The molecule has 0 heterocycles. The summed E-state index contributed by atoms with van der Waals surface area (Å²) in [6, 6.07) is 16.8. The number of hydrogen-bond acceptors (Lipinski definition) is 2. The molecule has 2 N–H and O–H groups in total. The van der Waals surface area contributed by atoms with Gasteiger partial charge >= 0.3 is 226 Å². The molecule has 2 aliphatic rings. The monoisotopic (exact) mass is 624 g/mol. The summed E-state index contributed by atoms with van der Waals surface area (Å²) < 4.78 is 7.37. The van der Waals surface area contributed by atoms with Crippen LogP contribution in [0.15, 0.2) is 60.7 Å². The van der Waals surface area contributed by atoms with Crippen LogP contribution in [0, 0.1) is 0 Å². The zero-order valence-corrected chi connectivity index (χ0v) is 24.9. The van der Waals surface area contributed by atoms with Crippen molar-refractivity contribution in [1.29, 1.82) is 0 Å². The van der Waals surface area contributed by atoms with Gasteiger partial charge in [0.1, 0.15) is 0 Å². The first-order valence-corrected chi connectivity index (χ1v) is 23.9. The van der Waals surface area contributed by atoms with E-state index in [2.05, 4.69) is 119 Å². The number of carbonyl (C=O) groups is 2.